The molecule has 0 saturated carbocycles. The van der Waals surface area contributed by atoms with Crippen molar-refractivity contribution in [3.05, 3.63) is 34.9 Å². The van der Waals surface area contributed by atoms with Crippen molar-refractivity contribution >= 4 is 13.6 Å². The lowest BCUT2D eigenvalue weighted by molar-refractivity contribution is -0.139. The highest BCUT2D eigenvalue weighted by Gasteiger charge is 2.28. The van der Waals surface area contributed by atoms with Crippen LogP contribution in [-0.4, -0.2) is 65.8 Å². The number of phosphoric acid groups is 1. The number of ketones is 1. The molecule has 0 aromatic carbocycles. The highest BCUT2D eigenvalue weighted by Crippen LogP contribution is 2.25. The molecular weight excluding hydrogens is 415 g/mol. The van der Waals surface area contributed by atoms with Gasteiger partial charge in [0.1, 0.15) is 18.3 Å². The number of aliphatic hydroxyl groups is 4. The number of allylic oxidation sites excluding steroid dienone is 6. The summed E-state index contributed by atoms with van der Waals surface area (Å²) in [5, 5.41) is 37.1. The highest BCUT2D eigenvalue weighted by molar-refractivity contribution is 7.45. The van der Waals surface area contributed by atoms with Crippen LogP contribution in [0, 0.1) is 0 Å². The smallest absolute Gasteiger partial charge is 0.394 e. The van der Waals surface area contributed by atoms with E-state index in [0.29, 0.717) is 0 Å². The first-order valence-electron chi connectivity index (χ1n) is 9.59. The average Bonchev–Trinajstić information content (AvgIpc) is 2.62. The van der Waals surface area contributed by atoms with Gasteiger partial charge in [-0.3, -0.25) is 4.79 Å². The molecule has 10 heteroatoms. The summed E-state index contributed by atoms with van der Waals surface area (Å²) >= 11 is 0. The monoisotopic (exact) mass is 452 g/mol. The van der Waals surface area contributed by atoms with Crippen LogP contribution in [0.3, 0.4) is 0 Å². The van der Waals surface area contributed by atoms with Gasteiger partial charge in [0, 0.05) is 6.42 Å². The minimum atomic E-state index is -4.64. The maximum Gasteiger partial charge on any atom is 0.466 e. The second-order valence-electron chi connectivity index (χ2n) is 7.33. The van der Waals surface area contributed by atoms with Crippen LogP contribution in [0.15, 0.2) is 34.9 Å². The van der Waals surface area contributed by atoms with Crippen molar-refractivity contribution in [2.24, 2.45) is 0 Å². The molecule has 7 N–H and O–H groups in total. The summed E-state index contributed by atoms with van der Waals surface area (Å²) in [6, 6.07) is 0. The van der Waals surface area contributed by atoms with Gasteiger partial charge >= 0.3 is 7.82 Å². The Morgan fingerprint density at radius 2 is 1.30 bits per heavy atom. The van der Waals surface area contributed by atoms with Gasteiger partial charge < -0.3 is 35.1 Å². The lowest BCUT2D eigenvalue weighted by atomic mass is 10.0. The fourth-order valence-corrected chi connectivity index (χ4v) is 2.24. The first-order chi connectivity index (χ1) is 13.7. The van der Waals surface area contributed by atoms with Crippen LogP contribution < -0.4 is 0 Å². The number of Topliss-reactive ketones (excluding diaryl/α,β-unsaturated/α-hetero) is 1. The number of aliphatic hydroxyl groups excluding tert-OH is 4. The number of hydrogen-bond acceptors (Lipinski definition) is 6. The summed E-state index contributed by atoms with van der Waals surface area (Å²) in [4.78, 5) is 33.4. The predicted octanol–water partition coefficient (Wildman–Crippen LogP) is 1.51. The number of hydrogen-bond donors (Lipinski definition) is 7. The first kappa shape index (κ1) is 31.0. The Balaban J connectivity index is 0. The molecule has 0 heterocycles. The van der Waals surface area contributed by atoms with Gasteiger partial charge in [-0.25, -0.2) is 4.57 Å². The maximum absolute atomic E-state index is 11.8. The molecule has 176 valence electrons. The zero-order chi connectivity index (χ0) is 23.9. The van der Waals surface area contributed by atoms with E-state index < -0.39 is 38.5 Å². The Bertz CT molecular complexity index is 622. The summed E-state index contributed by atoms with van der Waals surface area (Å²) in [6.45, 7) is 7.51. The summed E-state index contributed by atoms with van der Waals surface area (Å²) in [5.41, 5.74) is 3.71. The van der Waals surface area contributed by atoms with E-state index in [2.05, 4.69) is 32.9 Å². The van der Waals surface area contributed by atoms with Crippen LogP contribution in [-0.2, 0) is 9.36 Å². The van der Waals surface area contributed by atoms with Gasteiger partial charge in [-0.05, 0) is 53.4 Å². The molecule has 0 aliphatic carbocycles. The third kappa shape index (κ3) is 20.1. The minimum Gasteiger partial charge on any atom is -0.394 e. The standard InChI is InChI=1S/C20H34O5.H3O4P/c1-14(2)7-5-8-15(3)9-6-10-16(4)11-12-17(22)19(24)20(25)18(23)13-21;1-5(2,3)4/h7,9,11,18-21,23-25H,5-6,8,10,12-13H2,1-4H3;(H3,1,2,3,4). The van der Waals surface area contributed by atoms with Crippen LogP contribution in [0.2, 0.25) is 0 Å². The van der Waals surface area contributed by atoms with E-state index in [1.165, 1.54) is 11.1 Å². The molecule has 0 amide bonds. The Labute approximate surface area is 178 Å². The van der Waals surface area contributed by atoms with Crippen molar-refractivity contribution in [2.45, 2.75) is 78.1 Å². The normalized spacial score (nSPS) is 15.6. The maximum atomic E-state index is 11.8. The van der Waals surface area contributed by atoms with E-state index in [0.717, 1.165) is 31.3 Å². The van der Waals surface area contributed by atoms with Crippen molar-refractivity contribution in [1.29, 1.82) is 0 Å². The predicted molar refractivity (Wildman–Crippen MR) is 114 cm³/mol. The van der Waals surface area contributed by atoms with E-state index >= 15 is 0 Å². The fraction of sp³-hybridized carbons (Fsp3) is 0.650. The molecule has 0 rings (SSSR count). The molecule has 3 atom stereocenters. The SMILES string of the molecule is CC(C)=CCCC(C)=CCCC(C)=CCC(=O)C(O)C(O)C(O)CO.O=P(O)(O)O. The lowest BCUT2D eigenvalue weighted by Crippen LogP contribution is -2.43. The van der Waals surface area contributed by atoms with Crippen LogP contribution in [0.5, 0.6) is 0 Å². The molecule has 30 heavy (non-hydrogen) atoms. The van der Waals surface area contributed by atoms with E-state index in [-0.39, 0.29) is 6.42 Å². The topological polar surface area (TPSA) is 176 Å². The van der Waals surface area contributed by atoms with Crippen LogP contribution in [0.25, 0.3) is 0 Å². The Morgan fingerprint density at radius 1 is 0.867 bits per heavy atom. The van der Waals surface area contributed by atoms with E-state index in [4.69, 9.17) is 24.4 Å². The van der Waals surface area contributed by atoms with E-state index in [1.807, 2.05) is 6.92 Å². The molecule has 0 fully saturated rings. The quantitative estimate of drug-likeness (QED) is 0.171. The van der Waals surface area contributed by atoms with Gasteiger partial charge in [0.2, 0.25) is 0 Å². The number of carbonyl (C=O) groups is 1. The molecule has 0 saturated heterocycles. The summed E-state index contributed by atoms with van der Waals surface area (Å²) < 4.78 is 8.88. The number of carbonyl (C=O) groups excluding carboxylic acids is 1. The largest absolute Gasteiger partial charge is 0.466 e. The average molecular weight is 452 g/mol. The van der Waals surface area contributed by atoms with Crippen molar-refractivity contribution in [2.75, 3.05) is 6.61 Å². The molecule has 0 aliphatic rings. The van der Waals surface area contributed by atoms with Crippen LogP contribution >= 0.6 is 7.82 Å². The Hall–Kier alpha value is -1.16. The van der Waals surface area contributed by atoms with Crippen molar-refractivity contribution < 1.29 is 44.5 Å². The summed E-state index contributed by atoms with van der Waals surface area (Å²) in [5.74, 6) is -0.576. The van der Waals surface area contributed by atoms with E-state index in [9.17, 15) is 20.1 Å². The molecule has 0 bridgehead atoms. The second-order valence-corrected chi connectivity index (χ2v) is 8.36. The third-order valence-corrected chi connectivity index (χ3v) is 4.01. The first-order valence-corrected chi connectivity index (χ1v) is 11.2. The van der Waals surface area contributed by atoms with Crippen LogP contribution in [0.1, 0.15) is 59.8 Å². The Kier molecular flexibility index (Phi) is 17.1. The zero-order valence-electron chi connectivity index (χ0n) is 18.1. The lowest BCUT2D eigenvalue weighted by Gasteiger charge is -2.20. The molecule has 0 radical (unpaired) electrons. The van der Waals surface area contributed by atoms with Gasteiger partial charge in [-0.1, -0.05) is 34.9 Å². The third-order valence-electron chi connectivity index (χ3n) is 4.01. The van der Waals surface area contributed by atoms with Gasteiger partial charge in [-0.15, -0.1) is 0 Å². The Morgan fingerprint density at radius 3 is 1.73 bits per heavy atom. The molecule has 0 aromatic heterocycles. The molecular formula is C20H37O9P. The zero-order valence-corrected chi connectivity index (χ0v) is 19.0. The minimum absolute atomic E-state index is 0.00846. The van der Waals surface area contributed by atoms with Gasteiger partial charge in [0.05, 0.1) is 6.61 Å². The molecule has 0 aliphatic heterocycles. The van der Waals surface area contributed by atoms with Crippen molar-refractivity contribution in [1.82, 2.24) is 0 Å². The van der Waals surface area contributed by atoms with Crippen molar-refractivity contribution in [3.8, 4) is 0 Å². The van der Waals surface area contributed by atoms with E-state index in [1.54, 1.807) is 6.08 Å². The second kappa shape index (κ2) is 16.5. The van der Waals surface area contributed by atoms with Gasteiger partial charge in [0.15, 0.2) is 5.78 Å². The van der Waals surface area contributed by atoms with Crippen LogP contribution in [0.4, 0.5) is 0 Å². The highest BCUT2D eigenvalue weighted by atomic mass is 31.2. The van der Waals surface area contributed by atoms with Gasteiger partial charge in [-0.2, -0.15) is 0 Å². The molecule has 0 aromatic rings. The molecule has 3 unspecified atom stereocenters. The summed E-state index contributed by atoms with van der Waals surface area (Å²) in [6.07, 6.45) is 5.08. The molecule has 9 nitrogen and oxygen atoms in total. The molecule has 0 spiro atoms. The summed E-state index contributed by atoms with van der Waals surface area (Å²) in [7, 11) is -4.64. The van der Waals surface area contributed by atoms with Crippen molar-refractivity contribution in [3.63, 3.8) is 0 Å². The van der Waals surface area contributed by atoms with Gasteiger partial charge in [0.25, 0.3) is 0 Å². The number of rotatable bonds is 12. The fourth-order valence-electron chi connectivity index (χ4n) is 2.24.